The zero-order valence-electron chi connectivity index (χ0n) is 18.4. The van der Waals surface area contributed by atoms with Crippen LogP contribution in [-0.2, 0) is 4.79 Å². The highest BCUT2D eigenvalue weighted by Crippen LogP contribution is 2.24. The summed E-state index contributed by atoms with van der Waals surface area (Å²) in [5, 5.41) is 5.66. The number of hydrogen-bond acceptors (Lipinski definition) is 4. The zero-order valence-corrected chi connectivity index (χ0v) is 18.4. The third kappa shape index (κ3) is 5.55. The highest BCUT2D eigenvalue weighted by atomic mass is 16.5. The van der Waals surface area contributed by atoms with Crippen molar-refractivity contribution in [3.8, 4) is 16.9 Å². The second-order valence-corrected chi connectivity index (χ2v) is 7.52. The second-order valence-electron chi connectivity index (χ2n) is 7.52. The summed E-state index contributed by atoms with van der Waals surface area (Å²) in [6.07, 6.45) is 0. The molecule has 4 rings (SSSR count). The number of benzene rings is 4. The first-order chi connectivity index (χ1) is 16.5. The van der Waals surface area contributed by atoms with Gasteiger partial charge in [0.25, 0.3) is 11.8 Å². The first kappa shape index (κ1) is 22.5. The number of para-hydroxylation sites is 2. The van der Waals surface area contributed by atoms with Gasteiger partial charge in [-0.05, 0) is 53.6 Å². The van der Waals surface area contributed by atoms with Crippen molar-refractivity contribution in [3.63, 3.8) is 0 Å². The van der Waals surface area contributed by atoms with E-state index in [9.17, 15) is 14.4 Å². The van der Waals surface area contributed by atoms with Crippen molar-refractivity contribution in [2.24, 2.45) is 0 Å². The number of nitrogens with one attached hydrogen (secondary N) is 2. The quantitative estimate of drug-likeness (QED) is 0.288. The lowest BCUT2D eigenvalue weighted by atomic mass is 10.0. The second kappa shape index (κ2) is 10.3. The monoisotopic (exact) mass is 450 g/mol. The molecule has 0 aliphatic rings. The molecule has 4 aromatic carbocycles. The molecule has 0 radical (unpaired) electrons. The Morgan fingerprint density at radius 2 is 1.15 bits per heavy atom. The van der Waals surface area contributed by atoms with E-state index in [1.54, 1.807) is 54.6 Å². The van der Waals surface area contributed by atoms with Crippen LogP contribution in [0, 0.1) is 0 Å². The molecule has 0 aromatic heterocycles. The Kier molecular flexibility index (Phi) is 6.79. The number of amides is 2. The molecular weight excluding hydrogens is 428 g/mol. The van der Waals surface area contributed by atoms with E-state index in [2.05, 4.69) is 10.6 Å². The van der Waals surface area contributed by atoms with Crippen molar-refractivity contribution in [1.82, 2.24) is 0 Å². The van der Waals surface area contributed by atoms with Crippen molar-refractivity contribution in [2.75, 3.05) is 10.6 Å². The third-order valence-electron chi connectivity index (χ3n) is 5.04. The molecule has 6 nitrogen and oxygen atoms in total. The fraction of sp³-hybridized carbons (Fsp3) is 0.0357. The largest absolute Gasteiger partial charge is 0.427 e. The molecule has 0 atom stereocenters. The zero-order chi connectivity index (χ0) is 23.9. The molecule has 0 fully saturated rings. The summed E-state index contributed by atoms with van der Waals surface area (Å²) >= 11 is 0. The lowest BCUT2D eigenvalue weighted by Gasteiger charge is -2.13. The van der Waals surface area contributed by atoms with E-state index in [0.717, 1.165) is 11.1 Å². The molecule has 0 aliphatic carbocycles. The predicted octanol–water partition coefficient (Wildman–Crippen LogP) is 5.78. The van der Waals surface area contributed by atoms with E-state index < -0.39 is 11.9 Å². The number of rotatable bonds is 6. The number of carbonyl (C=O) groups excluding carboxylic acids is 3. The SMILES string of the molecule is CC(=O)Oc1cccc(C(=O)Nc2ccccc2NC(=O)c2ccc(-c3ccccc3)cc2)c1. The topological polar surface area (TPSA) is 84.5 Å². The van der Waals surface area contributed by atoms with Gasteiger partial charge in [0.15, 0.2) is 0 Å². The van der Waals surface area contributed by atoms with E-state index in [-0.39, 0.29) is 11.7 Å². The van der Waals surface area contributed by atoms with Crippen molar-refractivity contribution < 1.29 is 19.1 Å². The van der Waals surface area contributed by atoms with Gasteiger partial charge in [-0.2, -0.15) is 0 Å². The van der Waals surface area contributed by atoms with Crippen LogP contribution in [0.1, 0.15) is 27.6 Å². The maximum Gasteiger partial charge on any atom is 0.308 e. The van der Waals surface area contributed by atoms with Crippen molar-refractivity contribution >= 4 is 29.2 Å². The molecule has 0 spiro atoms. The minimum absolute atomic E-state index is 0.278. The van der Waals surface area contributed by atoms with Gasteiger partial charge in [-0.1, -0.05) is 60.7 Å². The molecule has 2 amide bonds. The Morgan fingerprint density at radius 1 is 0.588 bits per heavy atom. The van der Waals surface area contributed by atoms with Gasteiger partial charge in [-0.3, -0.25) is 14.4 Å². The average molecular weight is 450 g/mol. The molecule has 0 unspecified atom stereocenters. The van der Waals surface area contributed by atoms with Crippen LogP contribution < -0.4 is 15.4 Å². The standard InChI is InChI=1S/C28H22N2O4/c1-19(31)34-24-11-7-10-23(18-24)28(33)30-26-13-6-5-12-25(26)29-27(32)22-16-14-21(15-17-22)20-8-3-2-4-9-20/h2-18H,1H3,(H,29,32)(H,30,33). The number of ether oxygens (including phenoxy) is 1. The molecule has 0 bridgehead atoms. The Labute approximate surface area is 197 Å². The van der Waals surface area contributed by atoms with E-state index in [4.69, 9.17) is 4.74 Å². The maximum absolute atomic E-state index is 12.8. The fourth-order valence-electron chi connectivity index (χ4n) is 3.40. The van der Waals surface area contributed by atoms with E-state index in [1.807, 2.05) is 42.5 Å². The van der Waals surface area contributed by atoms with Gasteiger partial charge in [-0.15, -0.1) is 0 Å². The van der Waals surface area contributed by atoms with Crippen LogP contribution in [0.2, 0.25) is 0 Å². The van der Waals surface area contributed by atoms with Gasteiger partial charge >= 0.3 is 5.97 Å². The highest BCUT2D eigenvalue weighted by molar-refractivity contribution is 6.10. The van der Waals surface area contributed by atoms with Gasteiger partial charge < -0.3 is 15.4 Å². The summed E-state index contributed by atoms with van der Waals surface area (Å²) in [6, 6.07) is 30.5. The summed E-state index contributed by atoms with van der Waals surface area (Å²) < 4.78 is 5.04. The van der Waals surface area contributed by atoms with Gasteiger partial charge in [-0.25, -0.2) is 0 Å². The summed E-state index contributed by atoms with van der Waals surface area (Å²) in [6.45, 7) is 1.29. The Morgan fingerprint density at radius 3 is 1.76 bits per heavy atom. The van der Waals surface area contributed by atoms with Gasteiger partial charge in [0.05, 0.1) is 11.4 Å². The molecule has 34 heavy (non-hydrogen) atoms. The molecule has 6 heteroatoms. The molecular formula is C28H22N2O4. The molecule has 0 heterocycles. The molecule has 0 saturated heterocycles. The molecule has 168 valence electrons. The highest BCUT2D eigenvalue weighted by Gasteiger charge is 2.13. The van der Waals surface area contributed by atoms with Crippen LogP contribution in [0.25, 0.3) is 11.1 Å². The summed E-state index contributed by atoms with van der Waals surface area (Å²) in [5.74, 6) is -0.885. The summed E-state index contributed by atoms with van der Waals surface area (Å²) in [7, 11) is 0. The van der Waals surface area contributed by atoms with Crippen molar-refractivity contribution in [3.05, 3.63) is 114 Å². The lowest BCUT2D eigenvalue weighted by Crippen LogP contribution is -2.17. The van der Waals surface area contributed by atoms with Crippen LogP contribution in [-0.4, -0.2) is 17.8 Å². The first-order valence-electron chi connectivity index (χ1n) is 10.7. The minimum Gasteiger partial charge on any atom is -0.427 e. The normalized spacial score (nSPS) is 10.3. The Bertz CT molecular complexity index is 1330. The third-order valence-corrected chi connectivity index (χ3v) is 5.04. The minimum atomic E-state index is -0.470. The van der Waals surface area contributed by atoms with Crippen LogP contribution in [0.3, 0.4) is 0 Å². The van der Waals surface area contributed by atoms with Gasteiger partial charge in [0.1, 0.15) is 5.75 Å². The van der Waals surface area contributed by atoms with Crippen LogP contribution in [0.5, 0.6) is 5.75 Å². The molecule has 0 saturated carbocycles. The van der Waals surface area contributed by atoms with Gasteiger partial charge in [0.2, 0.25) is 0 Å². The maximum atomic E-state index is 12.8. The van der Waals surface area contributed by atoms with Crippen LogP contribution in [0.15, 0.2) is 103 Å². The smallest absolute Gasteiger partial charge is 0.308 e. The number of esters is 1. The fourth-order valence-corrected chi connectivity index (χ4v) is 3.40. The van der Waals surface area contributed by atoms with Crippen LogP contribution in [0.4, 0.5) is 11.4 Å². The van der Waals surface area contributed by atoms with Crippen molar-refractivity contribution in [1.29, 1.82) is 0 Å². The first-order valence-corrected chi connectivity index (χ1v) is 10.7. The van der Waals surface area contributed by atoms with Crippen molar-refractivity contribution in [2.45, 2.75) is 6.92 Å². The predicted molar refractivity (Wildman–Crippen MR) is 132 cm³/mol. The number of hydrogen-bond donors (Lipinski definition) is 2. The molecule has 2 N–H and O–H groups in total. The van der Waals surface area contributed by atoms with E-state index >= 15 is 0 Å². The Balaban J connectivity index is 1.48. The van der Waals surface area contributed by atoms with E-state index in [1.165, 1.54) is 13.0 Å². The summed E-state index contributed by atoms with van der Waals surface area (Å²) in [5.41, 5.74) is 3.80. The molecule has 4 aromatic rings. The van der Waals surface area contributed by atoms with Crippen LogP contribution >= 0.6 is 0 Å². The van der Waals surface area contributed by atoms with E-state index in [0.29, 0.717) is 22.5 Å². The number of carbonyl (C=O) groups is 3. The Hall–Kier alpha value is -4.71. The molecule has 0 aliphatic heterocycles. The number of anilines is 2. The lowest BCUT2D eigenvalue weighted by molar-refractivity contribution is -0.131. The van der Waals surface area contributed by atoms with Gasteiger partial charge in [0, 0.05) is 18.1 Å². The summed E-state index contributed by atoms with van der Waals surface area (Å²) in [4.78, 5) is 36.8. The average Bonchev–Trinajstić information content (AvgIpc) is 2.85.